The first-order valence-corrected chi connectivity index (χ1v) is 4.30. The van der Waals surface area contributed by atoms with Crippen molar-refractivity contribution in [3.05, 3.63) is 0 Å². The smallest absolute Gasteiger partial charge is 0.309 e. The second kappa shape index (κ2) is 7.54. The topological polar surface area (TPSA) is 67.4 Å². The first-order valence-electron chi connectivity index (χ1n) is 4.30. The molecule has 0 aromatic carbocycles. The molecule has 76 valence electrons. The number of nitrogens with one attached hydrogen (secondary N) is 2. The van der Waals surface area contributed by atoms with Gasteiger partial charge in [-0.2, -0.15) is 0 Å². The highest BCUT2D eigenvalue weighted by Crippen LogP contribution is 1.80. The molecule has 0 bridgehead atoms. The molecule has 0 radical (unpaired) electrons. The van der Waals surface area contributed by atoms with Crippen molar-refractivity contribution in [3.63, 3.8) is 0 Å². The van der Waals surface area contributed by atoms with Gasteiger partial charge in [-0.3, -0.25) is 9.59 Å². The molecule has 0 spiro atoms. The van der Waals surface area contributed by atoms with Gasteiger partial charge in [-0.1, -0.05) is 0 Å². The van der Waals surface area contributed by atoms with E-state index < -0.39 is 11.8 Å². The van der Waals surface area contributed by atoms with Gasteiger partial charge >= 0.3 is 11.8 Å². The van der Waals surface area contributed by atoms with Crippen molar-refractivity contribution in [2.45, 2.75) is 13.3 Å². The van der Waals surface area contributed by atoms with Gasteiger partial charge < -0.3 is 15.4 Å². The lowest BCUT2D eigenvalue weighted by atomic mass is 10.4. The van der Waals surface area contributed by atoms with E-state index in [9.17, 15) is 9.59 Å². The molecule has 2 N–H and O–H groups in total. The van der Waals surface area contributed by atoms with Gasteiger partial charge in [0.15, 0.2) is 0 Å². The van der Waals surface area contributed by atoms with E-state index in [1.807, 2.05) is 6.92 Å². The van der Waals surface area contributed by atoms with Crippen molar-refractivity contribution >= 4 is 11.8 Å². The number of carbonyl (C=O) groups excluding carboxylic acids is 2. The summed E-state index contributed by atoms with van der Waals surface area (Å²) in [6, 6.07) is 0. The van der Waals surface area contributed by atoms with Crippen LogP contribution in [0.3, 0.4) is 0 Å². The van der Waals surface area contributed by atoms with Crippen molar-refractivity contribution in [1.82, 2.24) is 10.6 Å². The number of rotatable bonds is 5. The molecular formula is C8H16N2O3. The van der Waals surface area contributed by atoms with Crippen LogP contribution in [0.1, 0.15) is 13.3 Å². The first-order chi connectivity index (χ1) is 6.22. The summed E-state index contributed by atoms with van der Waals surface area (Å²) in [6.45, 7) is 3.64. The Labute approximate surface area is 77.8 Å². The minimum atomic E-state index is -0.614. The molecule has 0 saturated carbocycles. The molecule has 0 atom stereocenters. The zero-order valence-corrected chi connectivity index (χ0v) is 8.05. The Morgan fingerprint density at radius 1 is 1.31 bits per heavy atom. The van der Waals surface area contributed by atoms with Crippen LogP contribution in [0.25, 0.3) is 0 Å². The van der Waals surface area contributed by atoms with Crippen LogP contribution in [0.15, 0.2) is 0 Å². The van der Waals surface area contributed by atoms with Gasteiger partial charge in [0.2, 0.25) is 0 Å². The third-order valence-corrected chi connectivity index (χ3v) is 1.39. The molecule has 0 aliphatic rings. The maximum atomic E-state index is 10.8. The van der Waals surface area contributed by atoms with Gasteiger partial charge in [0, 0.05) is 26.8 Å². The molecule has 0 aromatic rings. The van der Waals surface area contributed by atoms with E-state index in [1.54, 1.807) is 0 Å². The van der Waals surface area contributed by atoms with E-state index in [0.29, 0.717) is 19.8 Å². The van der Waals surface area contributed by atoms with Crippen LogP contribution < -0.4 is 10.6 Å². The Morgan fingerprint density at radius 3 is 2.54 bits per heavy atom. The Bertz CT molecular complexity index is 171. The predicted octanol–water partition coefficient (Wildman–Crippen LogP) is -0.725. The molecule has 0 heterocycles. The summed E-state index contributed by atoms with van der Waals surface area (Å²) in [5.41, 5.74) is 0. The van der Waals surface area contributed by atoms with E-state index in [4.69, 9.17) is 4.74 Å². The Morgan fingerprint density at radius 2 is 2.00 bits per heavy atom. The van der Waals surface area contributed by atoms with E-state index in [-0.39, 0.29) is 0 Å². The average molecular weight is 188 g/mol. The van der Waals surface area contributed by atoms with Gasteiger partial charge in [-0.15, -0.1) is 0 Å². The number of amides is 2. The zero-order valence-electron chi connectivity index (χ0n) is 8.05. The van der Waals surface area contributed by atoms with Crippen molar-refractivity contribution in [3.8, 4) is 0 Å². The molecule has 5 nitrogen and oxygen atoms in total. The lowest BCUT2D eigenvalue weighted by Gasteiger charge is -2.03. The molecule has 0 rings (SSSR count). The molecule has 0 aromatic heterocycles. The Hall–Kier alpha value is -1.10. The number of hydrogen-bond donors (Lipinski definition) is 2. The molecule has 13 heavy (non-hydrogen) atoms. The first kappa shape index (κ1) is 11.9. The van der Waals surface area contributed by atoms with Crippen LogP contribution in [-0.4, -0.2) is 38.6 Å². The normalized spacial score (nSPS) is 9.38. The molecular weight excluding hydrogens is 172 g/mol. The maximum absolute atomic E-state index is 10.8. The number of hydrogen-bond acceptors (Lipinski definition) is 3. The number of likely N-dealkylation sites (N-methyl/N-ethyl adjacent to an activating group) is 1. The van der Waals surface area contributed by atoms with Crippen LogP contribution in [0.5, 0.6) is 0 Å². The molecule has 0 aliphatic heterocycles. The summed E-state index contributed by atoms with van der Waals surface area (Å²) in [6.07, 6.45) is 0.719. The standard InChI is InChI=1S/C8H16N2O3/c1-3-13-6-4-5-10-8(12)7(11)9-2/h3-6H2,1-2H3,(H,9,11)(H,10,12). The van der Waals surface area contributed by atoms with Crippen molar-refractivity contribution in [1.29, 1.82) is 0 Å². The minimum Gasteiger partial charge on any atom is -0.382 e. The lowest BCUT2D eigenvalue weighted by molar-refractivity contribution is -0.138. The Kier molecular flexibility index (Phi) is 6.91. The van der Waals surface area contributed by atoms with Gasteiger partial charge in [0.25, 0.3) is 0 Å². The predicted molar refractivity (Wildman–Crippen MR) is 48.2 cm³/mol. The summed E-state index contributed by atoms with van der Waals surface area (Å²) in [4.78, 5) is 21.5. The Balaban J connectivity index is 3.32. The SMILES string of the molecule is CCOCCCNC(=O)C(=O)NC. The fourth-order valence-corrected chi connectivity index (χ4v) is 0.714. The molecule has 5 heteroatoms. The van der Waals surface area contributed by atoms with Crippen LogP contribution >= 0.6 is 0 Å². The largest absolute Gasteiger partial charge is 0.382 e. The lowest BCUT2D eigenvalue weighted by Crippen LogP contribution is -2.38. The monoisotopic (exact) mass is 188 g/mol. The number of carbonyl (C=O) groups is 2. The third-order valence-electron chi connectivity index (χ3n) is 1.39. The average Bonchev–Trinajstić information content (AvgIpc) is 2.16. The van der Waals surface area contributed by atoms with Crippen molar-refractivity contribution in [2.75, 3.05) is 26.8 Å². The van der Waals surface area contributed by atoms with Crippen LogP contribution in [0, 0.1) is 0 Å². The summed E-state index contributed by atoms with van der Waals surface area (Å²) in [7, 11) is 1.42. The minimum absolute atomic E-state index is 0.465. The summed E-state index contributed by atoms with van der Waals surface area (Å²) in [5.74, 6) is -1.21. The molecule has 0 unspecified atom stereocenters. The summed E-state index contributed by atoms with van der Waals surface area (Å²) < 4.78 is 5.05. The second-order valence-corrected chi connectivity index (χ2v) is 2.39. The van der Waals surface area contributed by atoms with Crippen LogP contribution in [-0.2, 0) is 14.3 Å². The van der Waals surface area contributed by atoms with Gasteiger partial charge in [-0.25, -0.2) is 0 Å². The van der Waals surface area contributed by atoms with Crippen molar-refractivity contribution < 1.29 is 14.3 Å². The zero-order chi connectivity index (χ0) is 10.1. The van der Waals surface area contributed by atoms with E-state index in [2.05, 4.69) is 10.6 Å². The van der Waals surface area contributed by atoms with Crippen LogP contribution in [0.4, 0.5) is 0 Å². The van der Waals surface area contributed by atoms with E-state index in [1.165, 1.54) is 7.05 Å². The summed E-state index contributed by atoms with van der Waals surface area (Å²) in [5, 5.41) is 4.70. The van der Waals surface area contributed by atoms with E-state index >= 15 is 0 Å². The van der Waals surface area contributed by atoms with Gasteiger partial charge in [0.1, 0.15) is 0 Å². The van der Waals surface area contributed by atoms with Crippen molar-refractivity contribution in [2.24, 2.45) is 0 Å². The second-order valence-electron chi connectivity index (χ2n) is 2.39. The quantitative estimate of drug-likeness (QED) is 0.442. The summed E-state index contributed by atoms with van der Waals surface area (Å²) >= 11 is 0. The highest BCUT2D eigenvalue weighted by molar-refractivity contribution is 6.34. The number of ether oxygens (including phenoxy) is 1. The fourth-order valence-electron chi connectivity index (χ4n) is 0.714. The van der Waals surface area contributed by atoms with Gasteiger partial charge in [0.05, 0.1) is 0 Å². The van der Waals surface area contributed by atoms with Gasteiger partial charge in [-0.05, 0) is 13.3 Å². The molecule has 0 fully saturated rings. The van der Waals surface area contributed by atoms with Crippen LogP contribution in [0.2, 0.25) is 0 Å². The molecule has 0 aliphatic carbocycles. The highest BCUT2D eigenvalue weighted by atomic mass is 16.5. The third kappa shape index (κ3) is 6.10. The highest BCUT2D eigenvalue weighted by Gasteiger charge is 2.08. The molecule has 2 amide bonds. The maximum Gasteiger partial charge on any atom is 0.309 e. The van der Waals surface area contributed by atoms with E-state index in [0.717, 1.165) is 6.42 Å². The molecule has 0 saturated heterocycles. The fraction of sp³-hybridized carbons (Fsp3) is 0.750.